The van der Waals surface area contributed by atoms with Crippen molar-refractivity contribution < 1.29 is 22.4 Å². The molecular formula is C22H22F3IN4O2. The first-order chi connectivity index (χ1) is 14.8. The van der Waals surface area contributed by atoms with E-state index in [0.717, 1.165) is 17.7 Å². The quantitative estimate of drug-likeness (QED) is 0.225. The second-order valence-electron chi connectivity index (χ2n) is 6.61. The highest BCUT2D eigenvalue weighted by Gasteiger charge is 2.30. The smallest absolute Gasteiger partial charge is 0.416 e. The SMILES string of the molecule is CN=C(NCc1cccc(NC(=O)c2ccco2)c1)NCc1cccc(C(F)(F)F)c1.I. The van der Waals surface area contributed by atoms with E-state index < -0.39 is 11.7 Å². The summed E-state index contributed by atoms with van der Waals surface area (Å²) in [5.41, 5.74) is 1.27. The number of hydrogen-bond donors (Lipinski definition) is 3. The third kappa shape index (κ3) is 7.29. The lowest BCUT2D eigenvalue weighted by Crippen LogP contribution is -2.36. The summed E-state index contributed by atoms with van der Waals surface area (Å²) in [6.45, 7) is 0.579. The van der Waals surface area contributed by atoms with Crippen LogP contribution in [0, 0.1) is 0 Å². The molecule has 0 atom stereocenters. The molecule has 0 aliphatic rings. The second-order valence-corrected chi connectivity index (χ2v) is 6.61. The lowest BCUT2D eigenvalue weighted by Gasteiger charge is -2.14. The minimum absolute atomic E-state index is 0. The van der Waals surface area contributed by atoms with Crippen molar-refractivity contribution in [3.63, 3.8) is 0 Å². The number of anilines is 1. The first-order valence-electron chi connectivity index (χ1n) is 9.39. The Bertz CT molecular complexity index is 1050. The van der Waals surface area contributed by atoms with Crippen LogP contribution in [0.1, 0.15) is 27.2 Å². The number of rotatable bonds is 6. The summed E-state index contributed by atoms with van der Waals surface area (Å²) in [5.74, 6) is 0.291. The van der Waals surface area contributed by atoms with Crippen molar-refractivity contribution in [1.29, 1.82) is 0 Å². The van der Waals surface area contributed by atoms with E-state index in [2.05, 4.69) is 20.9 Å². The summed E-state index contributed by atoms with van der Waals surface area (Å²) in [5, 5.41) is 8.84. The van der Waals surface area contributed by atoms with E-state index in [-0.39, 0.29) is 42.2 Å². The van der Waals surface area contributed by atoms with Gasteiger partial charge in [-0.15, -0.1) is 24.0 Å². The van der Waals surface area contributed by atoms with Crippen molar-refractivity contribution in [3.8, 4) is 0 Å². The third-order valence-corrected chi connectivity index (χ3v) is 4.33. The number of alkyl halides is 3. The molecule has 3 rings (SSSR count). The molecule has 0 bridgehead atoms. The summed E-state index contributed by atoms with van der Waals surface area (Å²) in [4.78, 5) is 16.2. The van der Waals surface area contributed by atoms with Crippen LogP contribution in [-0.2, 0) is 19.3 Å². The van der Waals surface area contributed by atoms with Crippen LogP contribution in [0.25, 0.3) is 0 Å². The maximum Gasteiger partial charge on any atom is 0.416 e. The molecular weight excluding hydrogens is 536 g/mol. The number of aliphatic imine (C=N–C) groups is 1. The zero-order valence-corrected chi connectivity index (χ0v) is 19.4. The number of furan rings is 1. The summed E-state index contributed by atoms with van der Waals surface area (Å²) >= 11 is 0. The monoisotopic (exact) mass is 558 g/mol. The highest BCUT2D eigenvalue weighted by atomic mass is 127. The number of hydrogen-bond acceptors (Lipinski definition) is 3. The van der Waals surface area contributed by atoms with Gasteiger partial charge in [0.1, 0.15) is 0 Å². The van der Waals surface area contributed by atoms with Gasteiger partial charge in [0.05, 0.1) is 11.8 Å². The largest absolute Gasteiger partial charge is 0.459 e. The normalized spacial score (nSPS) is 11.4. The average molecular weight is 558 g/mol. The Labute approximate surface area is 200 Å². The van der Waals surface area contributed by atoms with Gasteiger partial charge in [-0.2, -0.15) is 13.2 Å². The predicted molar refractivity (Wildman–Crippen MR) is 127 cm³/mol. The Hall–Kier alpha value is -3.02. The van der Waals surface area contributed by atoms with Crippen molar-refractivity contribution >= 4 is 41.5 Å². The summed E-state index contributed by atoms with van der Waals surface area (Å²) in [7, 11) is 1.57. The molecule has 1 heterocycles. The van der Waals surface area contributed by atoms with Gasteiger partial charge in [-0.1, -0.05) is 24.3 Å². The van der Waals surface area contributed by atoms with Gasteiger partial charge in [-0.05, 0) is 47.5 Å². The Morgan fingerprint density at radius 3 is 2.22 bits per heavy atom. The van der Waals surface area contributed by atoms with Gasteiger partial charge in [0.2, 0.25) is 0 Å². The van der Waals surface area contributed by atoms with Crippen molar-refractivity contribution in [1.82, 2.24) is 10.6 Å². The number of carbonyl (C=O) groups excluding carboxylic acids is 1. The van der Waals surface area contributed by atoms with Crippen LogP contribution in [-0.4, -0.2) is 18.9 Å². The van der Waals surface area contributed by atoms with E-state index in [0.29, 0.717) is 23.8 Å². The Kier molecular flexibility index (Phi) is 9.12. The van der Waals surface area contributed by atoms with Crippen LogP contribution in [0.15, 0.2) is 76.3 Å². The minimum atomic E-state index is -4.38. The van der Waals surface area contributed by atoms with E-state index in [9.17, 15) is 18.0 Å². The maximum atomic E-state index is 12.8. The maximum absolute atomic E-state index is 12.8. The van der Waals surface area contributed by atoms with Gasteiger partial charge in [0.25, 0.3) is 5.91 Å². The van der Waals surface area contributed by atoms with E-state index >= 15 is 0 Å². The molecule has 0 unspecified atom stereocenters. The van der Waals surface area contributed by atoms with E-state index in [1.807, 2.05) is 6.07 Å². The number of halogens is 4. The molecule has 2 aromatic carbocycles. The van der Waals surface area contributed by atoms with E-state index in [4.69, 9.17) is 4.42 Å². The van der Waals surface area contributed by atoms with Gasteiger partial charge in [-0.3, -0.25) is 9.79 Å². The molecule has 170 valence electrons. The fourth-order valence-corrected chi connectivity index (χ4v) is 2.81. The Balaban J connectivity index is 0.00000363. The number of carbonyl (C=O) groups is 1. The predicted octanol–water partition coefficient (Wildman–Crippen LogP) is 5.03. The Morgan fingerprint density at radius 2 is 1.62 bits per heavy atom. The van der Waals surface area contributed by atoms with Crippen molar-refractivity contribution in [2.24, 2.45) is 4.99 Å². The average Bonchev–Trinajstić information content (AvgIpc) is 3.29. The molecule has 1 aromatic heterocycles. The van der Waals surface area contributed by atoms with Crippen molar-refractivity contribution in [2.45, 2.75) is 19.3 Å². The molecule has 3 aromatic rings. The van der Waals surface area contributed by atoms with Crippen LogP contribution >= 0.6 is 24.0 Å². The molecule has 0 radical (unpaired) electrons. The molecule has 0 fully saturated rings. The molecule has 10 heteroatoms. The summed E-state index contributed by atoms with van der Waals surface area (Å²) in [6, 6.07) is 15.6. The molecule has 1 amide bonds. The van der Waals surface area contributed by atoms with E-state index in [1.54, 1.807) is 43.4 Å². The van der Waals surface area contributed by atoms with Crippen molar-refractivity contribution in [3.05, 3.63) is 89.4 Å². The van der Waals surface area contributed by atoms with Crippen molar-refractivity contribution in [2.75, 3.05) is 12.4 Å². The minimum Gasteiger partial charge on any atom is -0.459 e. The second kappa shape index (κ2) is 11.6. The molecule has 32 heavy (non-hydrogen) atoms. The summed E-state index contributed by atoms with van der Waals surface area (Å²) < 4.78 is 43.6. The van der Waals surface area contributed by atoms with Crippen LogP contribution in [0.4, 0.5) is 18.9 Å². The molecule has 0 spiro atoms. The molecule has 0 saturated carbocycles. The van der Waals surface area contributed by atoms with Crippen LogP contribution in [0.2, 0.25) is 0 Å². The highest BCUT2D eigenvalue weighted by Crippen LogP contribution is 2.29. The molecule has 0 saturated heterocycles. The van der Waals surface area contributed by atoms with E-state index in [1.165, 1.54) is 12.3 Å². The van der Waals surface area contributed by atoms with Gasteiger partial charge >= 0.3 is 6.18 Å². The lowest BCUT2D eigenvalue weighted by atomic mass is 10.1. The molecule has 0 aliphatic carbocycles. The van der Waals surface area contributed by atoms with Gasteiger partial charge in [0, 0.05) is 25.8 Å². The molecule has 3 N–H and O–H groups in total. The third-order valence-electron chi connectivity index (χ3n) is 4.33. The lowest BCUT2D eigenvalue weighted by molar-refractivity contribution is -0.137. The Morgan fingerprint density at radius 1 is 0.969 bits per heavy atom. The topological polar surface area (TPSA) is 78.7 Å². The zero-order valence-electron chi connectivity index (χ0n) is 17.1. The zero-order chi connectivity index (χ0) is 22.3. The number of amides is 1. The van der Waals surface area contributed by atoms with Gasteiger partial charge < -0.3 is 20.4 Å². The molecule has 6 nitrogen and oxygen atoms in total. The number of guanidine groups is 1. The van der Waals surface area contributed by atoms with Crippen LogP contribution < -0.4 is 16.0 Å². The fraction of sp³-hybridized carbons (Fsp3) is 0.182. The van der Waals surface area contributed by atoms with Gasteiger partial charge in [0.15, 0.2) is 11.7 Å². The summed E-state index contributed by atoms with van der Waals surface area (Å²) in [6.07, 6.45) is -2.96. The highest BCUT2D eigenvalue weighted by molar-refractivity contribution is 14.0. The molecule has 0 aliphatic heterocycles. The standard InChI is InChI=1S/C22H21F3N4O2.HI/c1-26-21(27-13-15-5-2-7-17(11-15)22(23,24)25)28-14-16-6-3-8-18(12-16)29-20(30)19-9-4-10-31-19;/h2-12H,13-14H2,1H3,(H,29,30)(H2,26,27,28);1H. The fourth-order valence-electron chi connectivity index (χ4n) is 2.81. The van der Waals surface area contributed by atoms with Gasteiger partial charge in [-0.25, -0.2) is 0 Å². The van der Waals surface area contributed by atoms with Crippen LogP contribution in [0.3, 0.4) is 0 Å². The first kappa shape index (κ1) is 25.2. The number of nitrogens with zero attached hydrogens (tertiary/aromatic N) is 1. The number of nitrogens with one attached hydrogen (secondary N) is 3. The van der Waals surface area contributed by atoms with Crippen LogP contribution in [0.5, 0.6) is 0 Å². The first-order valence-corrected chi connectivity index (χ1v) is 9.39. The number of benzene rings is 2.